The highest BCUT2D eigenvalue weighted by Gasteiger charge is 2.10. The summed E-state index contributed by atoms with van der Waals surface area (Å²) in [4.78, 5) is 10.7. The molecular weight excluding hydrogens is 372 g/mol. The number of hydrogen-bond acceptors (Lipinski definition) is 3. The fraction of sp³-hybridized carbons (Fsp3) is 0.118. The molecule has 24 heavy (non-hydrogen) atoms. The lowest BCUT2D eigenvalue weighted by Gasteiger charge is -1.97. The van der Waals surface area contributed by atoms with Gasteiger partial charge in [-0.25, -0.2) is 13.8 Å². The van der Waals surface area contributed by atoms with Gasteiger partial charge in [0.05, 0.1) is 27.9 Å². The number of halogens is 1. The second-order valence-corrected chi connectivity index (χ2v) is 6.14. The van der Waals surface area contributed by atoms with Gasteiger partial charge in [0, 0.05) is 11.4 Å². The fourth-order valence-electron chi connectivity index (χ4n) is 2.43. The summed E-state index contributed by atoms with van der Waals surface area (Å²) < 4.78 is 4.56. The van der Waals surface area contributed by atoms with E-state index in [1.165, 1.54) is 6.20 Å². The lowest BCUT2D eigenvalue weighted by molar-refractivity contribution is 0.0699. The first kappa shape index (κ1) is 16.2. The lowest BCUT2D eigenvalue weighted by atomic mass is 10.2. The molecule has 0 aliphatic heterocycles. The van der Waals surface area contributed by atoms with Crippen LogP contribution in [0, 0.1) is 13.8 Å². The predicted molar refractivity (Wildman–Crippen MR) is 94.5 cm³/mol. The molecule has 4 aromatic heterocycles. The van der Waals surface area contributed by atoms with Crippen LogP contribution in [0.3, 0.4) is 0 Å². The quantitative estimate of drug-likeness (QED) is 0.540. The lowest BCUT2D eigenvalue weighted by Crippen LogP contribution is -1.96. The molecule has 0 bridgehead atoms. The third-order valence-corrected chi connectivity index (χ3v) is 4.26. The highest BCUT2D eigenvalue weighted by atomic mass is 79.9. The molecule has 0 spiro atoms. The van der Waals surface area contributed by atoms with Crippen LogP contribution in [0.5, 0.6) is 0 Å². The van der Waals surface area contributed by atoms with E-state index < -0.39 is 5.97 Å². The number of carboxylic acid groups (broad SMARTS) is 1. The van der Waals surface area contributed by atoms with E-state index in [1.807, 2.05) is 54.9 Å². The van der Waals surface area contributed by atoms with Gasteiger partial charge in [-0.3, -0.25) is 0 Å². The van der Waals surface area contributed by atoms with Crippen LogP contribution in [0.15, 0.2) is 53.3 Å². The molecule has 0 unspecified atom stereocenters. The molecule has 4 aromatic rings. The molecule has 0 saturated carbocycles. The Bertz CT molecular complexity index is 1040. The van der Waals surface area contributed by atoms with Crippen LogP contribution in [0.25, 0.3) is 11.0 Å². The molecule has 0 atom stereocenters. The summed E-state index contributed by atoms with van der Waals surface area (Å²) in [5, 5.41) is 17.0. The van der Waals surface area contributed by atoms with Gasteiger partial charge < -0.3 is 5.11 Å². The summed E-state index contributed by atoms with van der Waals surface area (Å²) in [6.07, 6.45) is 3.17. The number of carboxylic acids is 1. The van der Waals surface area contributed by atoms with Gasteiger partial charge in [-0.15, -0.1) is 0 Å². The third kappa shape index (κ3) is 2.90. The first-order chi connectivity index (χ1) is 11.5. The zero-order valence-electron chi connectivity index (χ0n) is 13.1. The molecular formula is C17H15BrN4O2. The van der Waals surface area contributed by atoms with Gasteiger partial charge in [0.15, 0.2) is 0 Å². The third-order valence-electron chi connectivity index (χ3n) is 3.65. The van der Waals surface area contributed by atoms with Gasteiger partial charge in [0.1, 0.15) is 5.56 Å². The number of aromatic carboxylic acids is 1. The van der Waals surface area contributed by atoms with Crippen molar-refractivity contribution in [1.82, 2.24) is 19.2 Å². The van der Waals surface area contributed by atoms with Gasteiger partial charge in [-0.05, 0) is 54.0 Å². The number of aromatic nitrogens is 4. The van der Waals surface area contributed by atoms with Crippen LogP contribution in [0.4, 0.5) is 0 Å². The Morgan fingerprint density at radius 1 is 0.958 bits per heavy atom. The van der Waals surface area contributed by atoms with Crippen molar-refractivity contribution >= 4 is 32.9 Å². The average Bonchev–Trinajstić information content (AvgIpc) is 3.14. The van der Waals surface area contributed by atoms with E-state index in [0.29, 0.717) is 5.52 Å². The number of aryl methyl sites for hydroxylation is 2. The molecule has 0 radical (unpaired) electrons. The summed E-state index contributed by atoms with van der Waals surface area (Å²) in [5.74, 6) is -0.944. The monoisotopic (exact) mass is 386 g/mol. The van der Waals surface area contributed by atoms with Gasteiger partial charge in [-0.2, -0.15) is 10.2 Å². The Kier molecular flexibility index (Phi) is 4.35. The summed E-state index contributed by atoms with van der Waals surface area (Å²) in [6.45, 7) is 3.91. The summed E-state index contributed by atoms with van der Waals surface area (Å²) in [6, 6.07) is 11.5. The van der Waals surface area contributed by atoms with E-state index in [2.05, 4.69) is 26.1 Å². The highest BCUT2D eigenvalue weighted by Crippen LogP contribution is 2.17. The van der Waals surface area contributed by atoms with Crippen molar-refractivity contribution in [3.8, 4) is 0 Å². The van der Waals surface area contributed by atoms with E-state index >= 15 is 0 Å². The van der Waals surface area contributed by atoms with Gasteiger partial charge in [-0.1, -0.05) is 12.1 Å². The minimum absolute atomic E-state index is 0.240. The molecule has 4 rings (SSSR count). The maximum Gasteiger partial charge on any atom is 0.339 e. The van der Waals surface area contributed by atoms with Crippen molar-refractivity contribution in [3.05, 3.63) is 70.2 Å². The van der Waals surface area contributed by atoms with Crippen LogP contribution in [0.1, 0.15) is 21.7 Å². The SMILES string of the molecule is Cc1cccc2c(Br)cnn12.Cc1cccc2c(C(=O)O)cnn12. The van der Waals surface area contributed by atoms with Crippen molar-refractivity contribution in [2.24, 2.45) is 0 Å². The number of pyridine rings is 2. The van der Waals surface area contributed by atoms with E-state index in [-0.39, 0.29) is 5.56 Å². The van der Waals surface area contributed by atoms with Crippen LogP contribution >= 0.6 is 15.9 Å². The van der Waals surface area contributed by atoms with E-state index in [4.69, 9.17) is 5.11 Å². The van der Waals surface area contributed by atoms with E-state index in [0.717, 1.165) is 21.4 Å². The van der Waals surface area contributed by atoms with Crippen LogP contribution in [-0.2, 0) is 0 Å². The smallest absolute Gasteiger partial charge is 0.339 e. The van der Waals surface area contributed by atoms with Crippen LogP contribution in [0.2, 0.25) is 0 Å². The number of nitrogens with zero attached hydrogens (tertiary/aromatic N) is 4. The first-order valence-corrected chi connectivity index (χ1v) is 8.04. The van der Waals surface area contributed by atoms with Gasteiger partial charge in [0.25, 0.3) is 0 Å². The second kappa shape index (κ2) is 6.45. The Balaban J connectivity index is 0.000000143. The van der Waals surface area contributed by atoms with Gasteiger partial charge >= 0.3 is 5.97 Å². The Hall–Kier alpha value is -2.67. The molecule has 122 valence electrons. The summed E-state index contributed by atoms with van der Waals surface area (Å²) >= 11 is 3.42. The topological polar surface area (TPSA) is 71.9 Å². The molecule has 0 aliphatic rings. The number of carbonyl (C=O) groups is 1. The molecule has 0 amide bonds. The Labute approximate surface area is 146 Å². The maximum atomic E-state index is 10.7. The Morgan fingerprint density at radius 2 is 1.50 bits per heavy atom. The summed E-state index contributed by atoms with van der Waals surface area (Å²) in [7, 11) is 0. The number of fused-ring (bicyclic) bond motifs is 2. The number of hydrogen-bond donors (Lipinski definition) is 1. The molecule has 0 aromatic carbocycles. The minimum atomic E-state index is -0.944. The van der Waals surface area contributed by atoms with Crippen LogP contribution in [-0.4, -0.2) is 30.3 Å². The van der Waals surface area contributed by atoms with Crippen molar-refractivity contribution in [2.45, 2.75) is 13.8 Å². The Morgan fingerprint density at radius 3 is 2.08 bits per heavy atom. The normalized spacial score (nSPS) is 10.6. The maximum absolute atomic E-state index is 10.7. The molecule has 1 N–H and O–H groups in total. The predicted octanol–water partition coefficient (Wildman–Crippen LogP) is 3.75. The van der Waals surface area contributed by atoms with Crippen LogP contribution < -0.4 is 0 Å². The van der Waals surface area contributed by atoms with Crippen molar-refractivity contribution in [2.75, 3.05) is 0 Å². The largest absolute Gasteiger partial charge is 0.478 e. The molecule has 0 saturated heterocycles. The molecule has 4 heterocycles. The van der Waals surface area contributed by atoms with E-state index in [9.17, 15) is 4.79 Å². The molecule has 6 nitrogen and oxygen atoms in total. The van der Waals surface area contributed by atoms with Crippen molar-refractivity contribution < 1.29 is 9.90 Å². The standard InChI is InChI=1S/C9H8N2O2.C8H7BrN2/c1-6-3-2-4-8-7(9(12)13)5-10-11(6)8;1-6-3-2-4-8-7(9)5-10-11(6)8/h2-5H,1H3,(H,12,13);2-5H,1H3. The fourth-order valence-corrected chi connectivity index (χ4v) is 2.82. The van der Waals surface area contributed by atoms with Crippen molar-refractivity contribution in [3.63, 3.8) is 0 Å². The number of rotatable bonds is 1. The molecule has 0 aliphatic carbocycles. The highest BCUT2D eigenvalue weighted by molar-refractivity contribution is 9.10. The second-order valence-electron chi connectivity index (χ2n) is 5.28. The minimum Gasteiger partial charge on any atom is -0.478 e. The molecule has 7 heteroatoms. The molecule has 0 fully saturated rings. The van der Waals surface area contributed by atoms with Gasteiger partial charge in [0.2, 0.25) is 0 Å². The average molecular weight is 387 g/mol. The first-order valence-electron chi connectivity index (χ1n) is 7.24. The zero-order chi connectivity index (χ0) is 17.3. The van der Waals surface area contributed by atoms with E-state index in [1.54, 1.807) is 10.6 Å². The van der Waals surface area contributed by atoms with Crippen molar-refractivity contribution in [1.29, 1.82) is 0 Å². The zero-order valence-corrected chi connectivity index (χ0v) is 14.7. The summed E-state index contributed by atoms with van der Waals surface area (Å²) in [5.41, 5.74) is 4.06.